The minimum atomic E-state index is -1.01. The number of carbonyl (C=O) groups excluding carboxylic acids is 3. The number of pyridine rings is 1. The van der Waals surface area contributed by atoms with E-state index >= 15 is 0 Å². The summed E-state index contributed by atoms with van der Waals surface area (Å²) in [5.41, 5.74) is 9.45. The van der Waals surface area contributed by atoms with E-state index in [1.807, 2.05) is 53.9 Å². The number of allylic oxidation sites excluding steroid dienone is 1. The van der Waals surface area contributed by atoms with Crippen LogP contribution in [-0.4, -0.2) is 29.5 Å². The number of aromatic nitrogens is 1. The van der Waals surface area contributed by atoms with Crippen molar-refractivity contribution in [3.63, 3.8) is 0 Å². The average molecular weight is 436 g/mol. The van der Waals surface area contributed by atoms with Gasteiger partial charge in [-0.3, -0.25) is 10.1 Å². The van der Waals surface area contributed by atoms with E-state index in [0.29, 0.717) is 34.3 Å². The third-order valence-electron chi connectivity index (χ3n) is 4.95. The number of esters is 1. The number of nitrogens with two attached hydrogens (primary N) is 1. The maximum absolute atomic E-state index is 12.9. The van der Waals surface area contributed by atoms with E-state index in [1.165, 1.54) is 0 Å². The fourth-order valence-corrected chi connectivity index (χ4v) is 3.78. The maximum atomic E-state index is 12.9. The molecule has 0 fully saturated rings. The summed E-state index contributed by atoms with van der Waals surface area (Å²) in [5, 5.41) is 3.17. The van der Waals surface area contributed by atoms with E-state index in [1.54, 1.807) is 6.07 Å². The molecule has 1 aromatic heterocycles. The van der Waals surface area contributed by atoms with Crippen LogP contribution in [0.25, 0.3) is 22.6 Å². The van der Waals surface area contributed by atoms with Gasteiger partial charge in [-0.15, -0.1) is 0 Å². The molecule has 3 amide bonds. The second-order valence-corrected chi connectivity index (χ2v) is 7.48. The summed E-state index contributed by atoms with van der Waals surface area (Å²) in [6.45, 7) is -0.610. The van der Waals surface area contributed by atoms with Crippen LogP contribution in [0.4, 0.5) is 4.79 Å². The molecule has 4 rings (SSSR count). The van der Waals surface area contributed by atoms with Crippen LogP contribution in [0.2, 0.25) is 5.02 Å². The van der Waals surface area contributed by atoms with E-state index in [4.69, 9.17) is 27.1 Å². The SMILES string of the molecule is NC(=O)NC(=O)COC(=O)c1c2c(nc3ccccc13)C(=Cc1ccc(Cl)cc1)CC2. The molecule has 0 radical (unpaired) electrons. The summed E-state index contributed by atoms with van der Waals surface area (Å²) in [4.78, 5) is 40.1. The van der Waals surface area contributed by atoms with Gasteiger partial charge in [0, 0.05) is 10.4 Å². The minimum Gasteiger partial charge on any atom is -0.452 e. The molecule has 0 bridgehead atoms. The summed E-state index contributed by atoms with van der Waals surface area (Å²) in [6.07, 6.45) is 3.35. The Morgan fingerprint density at radius 2 is 1.84 bits per heavy atom. The number of hydrogen-bond donors (Lipinski definition) is 2. The molecule has 0 aliphatic heterocycles. The first-order chi connectivity index (χ1) is 14.9. The largest absolute Gasteiger partial charge is 0.452 e. The predicted molar refractivity (Wildman–Crippen MR) is 117 cm³/mol. The molecule has 8 heteroatoms. The third kappa shape index (κ3) is 4.41. The van der Waals surface area contributed by atoms with Crippen LogP contribution in [0.1, 0.15) is 33.6 Å². The van der Waals surface area contributed by atoms with Gasteiger partial charge in [0.1, 0.15) is 0 Å². The maximum Gasteiger partial charge on any atom is 0.339 e. The standard InChI is InChI=1S/C23H18ClN3O4/c24-15-8-5-13(6-9-15)11-14-7-10-17-20(22(29)31-12-19(28)27-23(25)30)16-3-1-2-4-18(16)26-21(14)17/h1-6,8-9,11H,7,10,12H2,(H3,25,27,28,30). The Balaban J connectivity index is 1.73. The topological polar surface area (TPSA) is 111 Å². The van der Waals surface area contributed by atoms with Gasteiger partial charge in [-0.1, -0.05) is 41.9 Å². The molecule has 0 saturated carbocycles. The van der Waals surface area contributed by atoms with Crippen molar-refractivity contribution >= 4 is 52.1 Å². The van der Waals surface area contributed by atoms with Crippen molar-refractivity contribution in [1.29, 1.82) is 0 Å². The third-order valence-corrected chi connectivity index (χ3v) is 5.21. The van der Waals surface area contributed by atoms with Crippen LogP contribution in [0.5, 0.6) is 0 Å². The lowest BCUT2D eigenvalue weighted by atomic mass is 10.0. The smallest absolute Gasteiger partial charge is 0.339 e. The van der Waals surface area contributed by atoms with Gasteiger partial charge in [-0.2, -0.15) is 0 Å². The summed E-state index contributed by atoms with van der Waals surface area (Å²) in [7, 11) is 0. The molecular formula is C23H18ClN3O4. The lowest BCUT2D eigenvalue weighted by molar-refractivity contribution is -0.123. The molecule has 3 aromatic rings. The molecule has 7 nitrogen and oxygen atoms in total. The van der Waals surface area contributed by atoms with Crippen LogP contribution in [0, 0.1) is 0 Å². The lowest BCUT2D eigenvalue weighted by Gasteiger charge is -2.12. The van der Waals surface area contributed by atoms with E-state index in [0.717, 1.165) is 22.4 Å². The van der Waals surface area contributed by atoms with Crippen molar-refractivity contribution in [2.75, 3.05) is 6.61 Å². The number of halogens is 1. The van der Waals surface area contributed by atoms with Crippen LogP contribution in [0.3, 0.4) is 0 Å². The number of carbonyl (C=O) groups is 3. The van der Waals surface area contributed by atoms with Crippen LogP contribution in [0.15, 0.2) is 48.5 Å². The minimum absolute atomic E-state index is 0.381. The highest BCUT2D eigenvalue weighted by atomic mass is 35.5. The lowest BCUT2D eigenvalue weighted by Crippen LogP contribution is -2.37. The molecule has 1 aliphatic carbocycles. The number of fused-ring (bicyclic) bond motifs is 2. The van der Waals surface area contributed by atoms with E-state index in [9.17, 15) is 14.4 Å². The number of ether oxygens (including phenoxy) is 1. The molecule has 3 N–H and O–H groups in total. The molecule has 0 unspecified atom stereocenters. The summed E-state index contributed by atoms with van der Waals surface area (Å²) in [5.74, 6) is -1.44. The zero-order valence-electron chi connectivity index (χ0n) is 16.4. The van der Waals surface area contributed by atoms with Gasteiger partial charge < -0.3 is 10.5 Å². The average Bonchev–Trinajstić information content (AvgIpc) is 3.13. The first-order valence-corrected chi connectivity index (χ1v) is 9.94. The Morgan fingerprint density at radius 3 is 2.58 bits per heavy atom. The Bertz CT molecular complexity index is 1240. The Morgan fingerprint density at radius 1 is 1.10 bits per heavy atom. The second kappa shape index (κ2) is 8.57. The van der Waals surface area contributed by atoms with E-state index in [2.05, 4.69) is 0 Å². The highest BCUT2D eigenvalue weighted by Gasteiger charge is 2.28. The number of primary amides is 1. The van der Waals surface area contributed by atoms with Crippen molar-refractivity contribution in [3.8, 4) is 0 Å². The van der Waals surface area contributed by atoms with Crippen LogP contribution < -0.4 is 11.1 Å². The van der Waals surface area contributed by atoms with Gasteiger partial charge in [-0.05, 0) is 53.8 Å². The van der Waals surface area contributed by atoms with Gasteiger partial charge >= 0.3 is 12.0 Å². The molecule has 1 aliphatic rings. The quantitative estimate of drug-likeness (QED) is 0.606. The monoisotopic (exact) mass is 435 g/mol. The molecule has 156 valence electrons. The number of imide groups is 1. The summed E-state index contributed by atoms with van der Waals surface area (Å²) in [6, 6.07) is 13.7. The van der Waals surface area contributed by atoms with Gasteiger partial charge in [0.25, 0.3) is 5.91 Å². The van der Waals surface area contributed by atoms with Crippen LogP contribution in [-0.2, 0) is 16.0 Å². The molecule has 0 spiro atoms. The number of nitrogens with zero attached hydrogens (tertiary/aromatic N) is 1. The van der Waals surface area contributed by atoms with Gasteiger partial charge in [0.15, 0.2) is 6.61 Å². The van der Waals surface area contributed by atoms with Crippen molar-refractivity contribution in [2.24, 2.45) is 5.73 Å². The highest BCUT2D eigenvalue weighted by molar-refractivity contribution is 6.30. The Kier molecular flexibility index (Phi) is 5.68. The summed E-state index contributed by atoms with van der Waals surface area (Å²) < 4.78 is 5.17. The van der Waals surface area contributed by atoms with Crippen molar-refractivity contribution in [1.82, 2.24) is 10.3 Å². The zero-order valence-corrected chi connectivity index (χ0v) is 17.1. The van der Waals surface area contributed by atoms with Crippen molar-refractivity contribution in [2.45, 2.75) is 12.8 Å². The molecular weight excluding hydrogens is 418 g/mol. The fourth-order valence-electron chi connectivity index (χ4n) is 3.65. The molecule has 31 heavy (non-hydrogen) atoms. The van der Waals surface area contributed by atoms with Crippen LogP contribution >= 0.6 is 11.6 Å². The first kappa shape index (κ1) is 20.6. The van der Waals surface area contributed by atoms with Gasteiger partial charge in [0.05, 0.1) is 16.8 Å². The predicted octanol–water partition coefficient (Wildman–Crippen LogP) is 3.73. The number of amides is 3. The van der Waals surface area contributed by atoms with E-state index in [-0.39, 0.29) is 0 Å². The Labute approximate surface area is 182 Å². The molecule has 0 saturated heterocycles. The second-order valence-electron chi connectivity index (χ2n) is 7.04. The van der Waals surface area contributed by atoms with Gasteiger partial charge in [0.2, 0.25) is 0 Å². The number of rotatable bonds is 4. The van der Waals surface area contributed by atoms with Crippen molar-refractivity contribution < 1.29 is 19.1 Å². The number of urea groups is 1. The zero-order chi connectivity index (χ0) is 22.0. The number of nitrogens with one attached hydrogen (secondary N) is 1. The van der Waals surface area contributed by atoms with Crippen molar-refractivity contribution in [3.05, 3.63) is 75.9 Å². The van der Waals surface area contributed by atoms with Gasteiger partial charge in [-0.25, -0.2) is 14.6 Å². The van der Waals surface area contributed by atoms with E-state index < -0.39 is 24.5 Å². The Hall–Kier alpha value is -3.71. The highest BCUT2D eigenvalue weighted by Crippen LogP contribution is 2.37. The number of hydrogen-bond acceptors (Lipinski definition) is 5. The molecule has 2 aromatic carbocycles. The number of benzene rings is 2. The fraction of sp³-hybridized carbons (Fsp3) is 0.130. The molecule has 0 atom stereocenters. The normalized spacial score (nSPS) is 13.8. The number of para-hydroxylation sites is 1. The first-order valence-electron chi connectivity index (χ1n) is 9.57. The summed E-state index contributed by atoms with van der Waals surface area (Å²) >= 11 is 5.97. The molecule has 1 heterocycles.